The first-order chi connectivity index (χ1) is 15.1. The van der Waals surface area contributed by atoms with E-state index in [1.165, 1.54) is 32.1 Å². The number of carbonyl (C=O) groups is 2. The minimum absolute atomic E-state index is 0.00306. The summed E-state index contributed by atoms with van der Waals surface area (Å²) in [6.07, 6.45) is 13.5. The van der Waals surface area contributed by atoms with Gasteiger partial charge < -0.3 is 14.8 Å². The van der Waals surface area contributed by atoms with Gasteiger partial charge >= 0.3 is 0 Å². The van der Waals surface area contributed by atoms with Crippen molar-refractivity contribution in [2.45, 2.75) is 89.6 Å². The molecule has 1 saturated heterocycles. The van der Waals surface area contributed by atoms with Crippen molar-refractivity contribution in [2.24, 2.45) is 23.2 Å². The zero-order valence-electron chi connectivity index (χ0n) is 18.5. The van der Waals surface area contributed by atoms with Gasteiger partial charge in [-0.05, 0) is 82.0 Å². The summed E-state index contributed by atoms with van der Waals surface area (Å²) in [4.78, 5) is 28.4. The van der Waals surface area contributed by atoms with E-state index in [0.717, 1.165) is 87.4 Å². The third kappa shape index (κ3) is 3.39. The molecule has 3 heterocycles. The van der Waals surface area contributed by atoms with Crippen LogP contribution in [-0.2, 0) is 22.6 Å². The fraction of sp³-hybridized carbons (Fsp3) is 0.833. The van der Waals surface area contributed by atoms with Crippen molar-refractivity contribution in [3.63, 3.8) is 0 Å². The first-order valence-electron chi connectivity index (χ1n) is 12.6. The third-order valence-corrected chi connectivity index (χ3v) is 8.93. The Morgan fingerprint density at radius 3 is 2.42 bits per heavy atom. The van der Waals surface area contributed by atoms with Crippen LogP contribution in [0.3, 0.4) is 0 Å². The molecular formula is C24H35N5O2. The van der Waals surface area contributed by atoms with E-state index in [2.05, 4.69) is 20.1 Å². The van der Waals surface area contributed by atoms with E-state index < -0.39 is 0 Å². The van der Waals surface area contributed by atoms with Gasteiger partial charge in [-0.15, -0.1) is 10.2 Å². The SMILES string of the molecule is O=C(CNC(=O)C12CC3CC(CC(C3)C1)C2)N1CCC[C@H]1c1nnc2n1CCCCC2. The number of carbonyl (C=O) groups excluding carboxylic acids is 2. The highest BCUT2D eigenvalue weighted by Crippen LogP contribution is 2.60. The smallest absolute Gasteiger partial charge is 0.242 e. The molecule has 4 bridgehead atoms. The number of aryl methyl sites for hydroxylation is 1. The molecule has 0 spiro atoms. The van der Waals surface area contributed by atoms with Gasteiger partial charge in [-0.2, -0.15) is 0 Å². The molecule has 2 amide bonds. The van der Waals surface area contributed by atoms with Crippen LogP contribution in [0, 0.1) is 23.2 Å². The summed E-state index contributed by atoms with van der Waals surface area (Å²) >= 11 is 0. The van der Waals surface area contributed by atoms with Crippen molar-refractivity contribution >= 4 is 11.8 Å². The maximum absolute atomic E-state index is 13.2. The van der Waals surface area contributed by atoms with Gasteiger partial charge in [0.2, 0.25) is 11.8 Å². The molecule has 1 aromatic rings. The summed E-state index contributed by atoms with van der Waals surface area (Å²) in [6, 6.07) is 0.00306. The van der Waals surface area contributed by atoms with Gasteiger partial charge in [0.15, 0.2) is 5.82 Å². The normalized spacial score (nSPS) is 36.3. The van der Waals surface area contributed by atoms with Crippen LogP contribution in [0.2, 0.25) is 0 Å². The molecule has 4 aliphatic carbocycles. The Bertz CT molecular complexity index is 842. The van der Waals surface area contributed by atoms with Gasteiger partial charge in [0.05, 0.1) is 12.6 Å². The quantitative estimate of drug-likeness (QED) is 0.804. The van der Waals surface area contributed by atoms with Crippen molar-refractivity contribution < 1.29 is 9.59 Å². The topological polar surface area (TPSA) is 80.1 Å². The van der Waals surface area contributed by atoms with Crippen LogP contribution < -0.4 is 5.32 Å². The molecule has 0 radical (unpaired) electrons. The number of aromatic nitrogens is 3. The van der Waals surface area contributed by atoms with Crippen LogP contribution in [0.25, 0.3) is 0 Å². The molecule has 4 saturated carbocycles. The summed E-state index contributed by atoms with van der Waals surface area (Å²) < 4.78 is 2.26. The number of amides is 2. The van der Waals surface area contributed by atoms with Crippen molar-refractivity contribution in [1.82, 2.24) is 25.0 Å². The van der Waals surface area contributed by atoms with E-state index >= 15 is 0 Å². The van der Waals surface area contributed by atoms with Crippen LogP contribution >= 0.6 is 0 Å². The number of nitrogens with one attached hydrogen (secondary N) is 1. The van der Waals surface area contributed by atoms with E-state index in [4.69, 9.17) is 0 Å². The van der Waals surface area contributed by atoms with Crippen molar-refractivity contribution in [3.05, 3.63) is 11.6 Å². The summed E-state index contributed by atoms with van der Waals surface area (Å²) in [5, 5.41) is 12.0. The maximum atomic E-state index is 13.2. The first-order valence-corrected chi connectivity index (χ1v) is 12.6. The molecule has 7 nitrogen and oxygen atoms in total. The molecule has 7 rings (SSSR count). The zero-order chi connectivity index (χ0) is 21.0. The summed E-state index contributed by atoms with van der Waals surface area (Å²) in [5.74, 6) is 4.41. The highest BCUT2D eigenvalue weighted by atomic mass is 16.2. The van der Waals surface area contributed by atoms with Crippen LogP contribution in [0.15, 0.2) is 0 Å². The monoisotopic (exact) mass is 425 g/mol. The molecule has 5 fully saturated rings. The summed E-state index contributed by atoms with van der Waals surface area (Å²) in [6.45, 7) is 1.83. The maximum Gasteiger partial charge on any atom is 0.242 e. The van der Waals surface area contributed by atoms with Crippen molar-refractivity contribution in [2.75, 3.05) is 13.1 Å². The van der Waals surface area contributed by atoms with Crippen LogP contribution in [0.1, 0.15) is 88.3 Å². The second kappa shape index (κ2) is 7.59. The molecule has 1 N–H and O–H groups in total. The highest BCUT2D eigenvalue weighted by molar-refractivity contribution is 5.88. The number of hydrogen-bond acceptors (Lipinski definition) is 4. The lowest BCUT2D eigenvalue weighted by molar-refractivity contribution is -0.148. The molecule has 0 unspecified atom stereocenters. The first kappa shape index (κ1) is 19.7. The van der Waals surface area contributed by atoms with Crippen LogP contribution in [-0.4, -0.2) is 44.6 Å². The average molecular weight is 426 g/mol. The zero-order valence-corrected chi connectivity index (χ0v) is 18.5. The molecule has 1 aromatic heterocycles. The number of hydrogen-bond donors (Lipinski definition) is 1. The van der Waals surface area contributed by atoms with Gasteiger partial charge in [-0.25, -0.2) is 0 Å². The lowest BCUT2D eigenvalue weighted by Gasteiger charge is -2.55. The van der Waals surface area contributed by atoms with Crippen molar-refractivity contribution in [3.8, 4) is 0 Å². The Morgan fingerprint density at radius 2 is 1.68 bits per heavy atom. The van der Waals surface area contributed by atoms with Gasteiger partial charge in [-0.1, -0.05) is 6.42 Å². The van der Waals surface area contributed by atoms with Crippen LogP contribution in [0.4, 0.5) is 0 Å². The Kier molecular flexibility index (Phi) is 4.83. The molecule has 1 atom stereocenters. The Balaban J connectivity index is 1.12. The summed E-state index contributed by atoms with van der Waals surface area (Å²) in [7, 11) is 0. The minimum atomic E-state index is -0.191. The molecule has 168 valence electrons. The number of rotatable bonds is 4. The molecule has 6 aliphatic rings. The second-order valence-corrected chi connectivity index (χ2v) is 11.1. The highest BCUT2D eigenvalue weighted by Gasteiger charge is 2.54. The summed E-state index contributed by atoms with van der Waals surface area (Å²) in [5.41, 5.74) is -0.191. The predicted molar refractivity (Wildman–Crippen MR) is 115 cm³/mol. The molecule has 0 aromatic carbocycles. The lowest BCUT2D eigenvalue weighted by atomic mass is 9.49. The number of nitrogens with zero attached hydrogens (tertiary/aromatic N) is 4. The number of fused-ring (bicyclic) bond motifs is 1. The van der Waals surface area contributed by atoms with Gasteiger partial charge in [0.25, 0.3) is 0 Å². The fourth-order valence-electron chi connectivity index (χ4n) is 7.92. The number of likely N-dealkylation sites (tertiary alicyclic amines) is 1. The Hall–Kier alpha value is -1.92. The fourth-order valence-corrected chi connectivity index (χ4v) is 7.92. The van der Waals surface area contributed by atoms with E-state index in [-0.39, 0.29) is 29.8 Å². The second-order valence-electron chi connectivity index (χ2n) is 11.1. The van der Waals surface area contributed by atoms with Gasteiger partial charge in [0.1, 0.15) is 5.82 Å². The predicted octanol–water partition coefficient (Wildman–Crippen LogP) is 3.00. The molecule has 31 heavy (non-hydrogen) atoms. The van der Waals surface area contributed by atoms with E-state index in [0.29, 0.717) is 0 Å². The van der Waals surface area contributed by atoms with Crippen molar-refractivity contribution in [1.29, 1.82) is 0 Å². The Morgan fingerprint density at radius 1 is 0.935 bits per heavy atom. The molecule has 7 heteroatoms. The minimum Gasteiger partial charge on any atom is -0.347 e. The van der Waals surface area contributed by atoms with E-state index in [1.807, 2.05) is 4.90 Å². The van der Waals surface area contributed by atoms with E-state index in [1.54, 1.807) is 0 Å². The molecular weight excluding hydrogens is 390 g/mol. The Labute approximate surface area is 184 Å². The standard InChI is InChI=1S/C24H35N5O2/c30-21(15-25-23(31)24-12-16-9-17(13-24)11-18(10-16)14-24)28-8-4-5-19(28)22-27-26-20-6-2-1-3-7-29(20)22/h16-19H,1-15H2,(H,25,31)/t16?,17?,18?,19-,24?/m0/s1. The molecule has 2 aliphatic heterocycles. The van der Waals surface area contributed by atoms with Crippen LogP contribution in [0.5, 0.6) is 0 Å². The van der Waals surface area contributed by atoms with Gasteiger partial charge in [0, 0.05) is 24.9 Å². The van der Waals surface area contributed by atoms with E-state index in [9.17, 15) is 9.59 Å². The third-order valence-electron chi connectivity index (χ3n) is 8.93. The lowest BCUT2D eigenvalue weighted by Crippen LogP contribution is -2.54. The average Bonchev–Trinajstić information content (AvgIpc) is 3.31. The van der Waals surface area contributed by atoms with Gasteiger partial charge in [-0.3, -0.25) is 9.59 Å². The largest absolute Gasteiger partial charge is 0.347 e.